The fourth-order valence-corrected chi connectivity index (χ4v) is 1.77. The fraction of sp³-hybridized carbons (Fsp3) is 0.333. The van der Waals surface area contributed by atoms with Crippen LogP contribution < -0.4 is 0 Å². The molecule has 1 N–H and O–H groups in total. The number of hydrogen-bond acceptors (Lipinski definition) is 0. The van der Waals surface area contributed by atoms with Gasteiger partial charge in [-0.05, 0) is 44.4 Å². The molecule has 1 nitrogen and oxygen atoms in total. The molecule has 0 aliphatic heterocycles. The number of hydrogen-bond donors (Lipinski definition) is 1. The van der Waals surface area contributed by atoms with E-state index in [0.717, 1.165) is 0 Å². The summed E-state index contributed by atoms with van der Waals surface area (Å²) >= 11 is 0. The summed E-state index contributed by atoms with van der Waals surface area (Å²) in [5.74, 6) is 0. The molecule has 0 radical (unpaired) electrons. The van der Waals surface area contributed by atoms with Gasteiger partial charge in [-0.3, -0.25) is 0 Å². The van der Waals surface area contributed by atoms with Crippen LogP contribution in [0.15, 0.2) is 12.1 Å². The lowest BCUT2D eigenvalue weighted by atomic mass is 10.1. The summed E-state index contributed by atoms with van der Waals surface area (Å²) < 4.78 is 0. The molecule has 0 aliphatic carbocycles. The first-order valence-electron chi connectivity index (χ1n) is 4.66. The first kappa shape index (κ1) is 8.36. The van der Waals surface area contributed by atoms with Crippen LogP contribution in [0.5, 0.6) is 0 Å². The highest BCUT2D eigenvalue weighted by atomic mass is 14.7. The summed E-state index contributed by atoms with van der Waals surface area (Å²) in [6, 6.07) is 4.40. The Morgan fingerprint density at radius 3 is 2.31 bits per heavy atom. The average Bonchev–Trinajstić information content (AvgIpc) is 2.38. The molecule has 0 saturated carbocycles. The first-order valence-corrected chi connectivity index (χ1v) is 4.66. The van der Waals surface area contributed by atoms with Gasteiger partial charge in [0, 0.05) is 16.6 Å². The van der Waals surface area contributed by atoms with E-state index in [0.29, 0.717) is 0 Å². The van der Waals surface area contributed by atoms with Crippen molar-refractivity contribution in [1.82, 2.24) is 4.98 Å². The predicted octanol–water partition coefficient (Wildman–Crippen LogP) is 3.40. The van der Waals surface area contributed by atoms with E-state index in [9.17, 15) is 0 Å². The number of aromatic amines is 1. The van der Waals surface area contributed by atoms with Crippen molar-refractivity contribution in [3.8, 4) is 0 Å². The van der Waals surface area contributed by atoms with Crippen molar-refractivity contribution in [2.24, 2.45) is 0 Å². The quantitative estimate of drug-likeness (QED) is 0.628. The molecule has 1 heterocycles. The largest absolute Gasteiger partial charge is 0.358 e. The SMILES string of the molecule is Cc1ccc2c(C)c(C)[nH]c2c1C. The summed E-state index contributed by atoms with van der Waals surface area (Å²) in [6.07, 6.45) is 0. The molecule has 2 aromatic rings. The van der Waals surface area contributed by atoms with Gasteiger partial charge in [-0.1, -0.05) is 12.1 Å². The van der Waals surface area contributed by atoms with Crippen molar-refractivity contribution in [2.45, 2.75) is 27.7 Å². The highest BCUT2D eigenvalue weighted by molar-refractivity contribution is 5.87. The second kappa shape index (κ2) is 2.63. The van der Waals surface area contributed by atoms with Crippen LogP contribution in [0, 0.1) is 27.7 Å². The second-order valence-corrected chi connectivity index (χ2v) is 3.81. The number of aromatic nitrogens is 1. The Kier molecular flexibility index (Phi) is 1.69. The minimum atomic E-state index is 1.28. The normalized spacial score (nSPS) is 11.1. The molecular weight excluding hydrogens is 158 g/mol. The Bertz CT molecular complexity index is 463. The van der Waals surface area contributed by atoms with E-state index < -0.39 is 0 Å². The van der Waals surface area contributed by atoms with Crippen LogP contribution in [0.1, 0.15) is 22.4 Å². The lowest BCUT2D eigenvalue weighted by Crippen LogP contribution is -1.81. The van der Waals surface area contributed by atoms with Crippen LogP contribution in [0.3, 0.4) is 0 Å². The van der Waals surface area contributed by atoms with E-state index in [2.05, 4.69) is 44.8 Å². The van der Waals surface area contributed by atoms with E-state index in [1.165, 1.54) is 33.3 Å². The molecule has 0 spiro atoms. The molecular formula is C12H15N. The number of aryl methyl sites for hydroxylation is 4. The van der Waals surface area contributed by atoms with E-state index in [1.54, 1.807) is 0 Å². The Hall–Kier alpha value is -1.24. The minimum Gasteiger partial charge on any atom is -0.358 e. The number of nitrogens with one attached hydrogen (secondary N) is 1. The van der Waals surface area contributed by atoms with Gasteiger partial charge in [-0.25, -0.2) is 0 Å². The molecule has 0 bridgehead atoms. The summed E-state index contributed by atoms with van der Waals surface area (Å²) in [6.45, 7) is 8.63. The second-order valence-electron chi connectivity index (χ2n) is 3.81. The summed E-state index contributed by atoms with van der Waals surface area (Å²) in [4.78, 5) is 3.44. The van der Waals surface area contributed by atoms with Crippen LogP contribution in [0.2, 0.25) is 0 Å². The number of H-pyrrole nitrogens is 1. The number of fused-ring (bicyclic) bond motifs is 1. The van der Waals surface area contributed by atoms with Crippen molar-refractivity contribution in [1.29, 1.82) is 0 Å². The van der Waals surface area contributed by atoms with Crippen molar-refractivity contribution in [3.05, 3.63) is 34.5 Å². The summed E-state index contributed by atoms with van der Waals surface area (Å²) in [5.41, 5.74) is 6.68. The summed E-state index contributed by atoms with van der Waals surface area (Å²) in [7, 11) is 0. The molecule has 0 unspecified atom stereocenters. The number of benzene rings is 1. The van der Waals surface area contributed by atoms with E-state index in [1.807, 2.05) is 0 Å². The van der Waals surface area contributed by atoms with Crippen LogP contribution in [-0.2, 0) is 0 Å². The van der Waals surface area contributed by atoms with Gasteiger partial charge in [0.05, 0.1) is 0 Å². The molecule has 13 heavy (non-hydrogen) atoms. The maximum absolute atomic E-state index is 3.44. The Labute approximate surface area is 78.8 Å². The molecule has 0 fully saturated rings. The predicted molar refractivity (Wildman–Crippen MR) is 57.2 cm³/mol. The lowest BCUT2D eigenvalue weighted by molar-refractivity contribution is 1.24. The van der Waals surface area contributed by atoms with Crippen LogP contribution in [0.4, 0.5) is 0 Å². The zero-order valence-corrected chi connectivity index (χ0v) is 8.65. The molecule has 1 aromatic heterocycles. The third kappa shape index (κ3) is 1.07. The fourth-order valence-electron chi connectivity index (χ4n) is 1.77. The van der Waals surface area contributed by atoms with Crippen LogP contribution >= 0.6 is 0 Å². The molecule has 1 heteroatoms. The zero-order chi connectivity index (χ0) is 9.59. The average molecular weight is 173 g/mol. The topological polar surface area (TPSA) is 15.8 Å². The molecule has 0 amide bonds. The third-order valence-electron chi connectivity index (χ3n) is 3.01. The van der Waals surface area contributed by atoms with Gasteiger partial charge in [-0.2, -0.15) is 0 Å². The van der Waals surface area contributed by atoms with Gasteiger partial charge in [0.1, 0.15) is 0 Å². The molecule has 2 rings (SSSR count). The van der Waals surface area contributed by atoms with Crippen LogP contribution in [-0.4, -0.2) is 4.98 Å². The first-order chi connectivity index (χ1) is 6.11. The lowest BCUT2D eigenvalue weighted by Gasteiger charge is -2.00. The van der Waals surface area contributed by atoms with Crippen molar-refractivity contribution in [2.75, 3.05) is 0 Å². The Morgan fingerprint density at radius 1 is 0.923 bits per heavy atom. The molecule has 1 aromatic carbocycles. The van der Waals surface area contributed by atoms with E-state index in [4.69, 9.17) is 0 Å². The van der Waals surface area contributed by atoms with Gasteiger partial charge in [0.15, 0.2) is 0 Å². The van der Waals surface area contributed by atoms with Gasteiger partial charge in [0.2, 0.25) is 0 Å². The van der Waals surface area contributed by atoms with Crippen molar-refractivity contribution >= 4 is 10.9 Å². The van der Waals surface area contributed by atoms with Gasteiger partial charge < -0.3 is 4.98 Å². The van der Waals surface area contributed by atoms with Crippen molar-refractivity contribution in [3.63, 3.8) is 0 Å². The van der Waals surface area contributed by atoms with Gasteiger partial charge in [0.25, 0.3) is 0 Å². The standard InChI is InChI=1S/C12H15N/c1-7-5-6-11-9(3)10(4)13-12(11)8(7)2/h5-6,13H,1-4H3. The van der Waals surface area contributed by atoms with Gasteiger partial charge in [-0.15, -0.1) is 0 Å². The smallest absolute Gasteiger partial charge is 0.0491 e. The Morgan fingerprint density at radius 2 is 1.62 bits per heavy atom. The maximum Gasteiger partial charge on any atom is 0.0491 e. The third-order valence-corrected chi connectivity index (χ3v) is 3.01. The van der Waals surface area contributed by atoms with E-state index >= 15 is 0 Å². The monoisotopic (exact) mass is 173 g/mol. The molecule has 0 aliphatic rings. The van der Waals surface area contributed by atoms with Crippen LogP contribution in [0.25, 0.3) is 10.9 Å². The molecule has 68 valence electrons. The Balaban J connectivity index is 2.94. The van der Waals surface area contributed by atoms with Gasteiger partial charge >= 0.3 is 0 Å². The summed E-state index contributed by atoms with van der Waals surface area (Å²) in [5, 5.41) is 1.36. The number of rotatable bonds is 0. The van der Waals surface area contributed by atoms with E-state index in [-0.39, 0.29) is 0 Å². The molecule has 0 atom stereocenters. The highest BCUT2D eigenvalue weighted by Gasteiger charge is 2.06. The zero-order valence-electron chi connectivity index (χ0n) is 8.65. The minimum absolute atomic E-state index is 1.28. The maximum atomic E-state index is 3.44. The van der Waals surface area contributed by atoms with Crippen molar-refractivity contribution < 1.29 is 0 Å². The highest BCUT2D eigenvalue weighted by Crippen LogP contribution is 2.25. The molecule has 0 saturated heterocycles.